The third kappa shape index (κ3) is 2.81. The molecule has 0 radical (unpaired) electrons. The number of anilines is 1. The van der Waals surface area contributed by atoms with Gasteiger partial charge in [-0.05, 0) is 31.2 Å². The van der Waals surface area contributed by atoms with Gasteiger partial charge in [0, 0.05) is 17.5 Å². The molecule has 1 aromatic carbocycles. The van der Waals surface area contributed by atoms with Crippen molar-refractivity contribution in [3.8, 4) is 6.07 Å². The zero-order chi connectivity index (χ0) is 14.7. The lowest BCUT2D eigenvalue weighted by atomic mass is 10.1. The number of hydrogen-bond donors (Lipinski definition) is 2. The molecule has 1 amide bonds. The molecule has 2 N–H and O–H groups in total. The van der Waals surface area contributed by atoms with Gasteiger partial charge < -0.3 is 10.6 Å². The number of fused-ring (bicyclic) bond motifs is 1. The first-order valence-electron chi connectivity index (χ1n) is 6.03. The van der Waals surface area contributed by atoms with Crippen LogP contribution in [0.3, 0.4) is 0 Å². The lowest BCUT2D eigenvalue weighted by molar-refractivity contribution is -0.121. The van der Waals surface area contributed by atoms with Crippen molar-refractivity contribution in [3.05, 3.63) is 34.9 Å². The van der Waals surface area contributed by atoms with Crippen LogP contribution in [0, 0.1) is 11.3 Å². The fourth-order valence-corrected chi connectivity index (χ4v) is 2.04. The van der Waals surface area contributed by atoms with E-state index in [1.54, 1.807) is 38.2 Å². The summed E-state index contributed by atoms with van der Waals surface area (Å²) in [5.41, 5.74) is 1.11. The molecule has 1 heterocycles. The van der Waals surface area contributed by atoms with Crippen molar-refractivity contribution in [2.75, 3.05) is 12.4 Å². The van der Waals surface area contributed by atoms with Gasteiger partial charge >= 0.3 is 0 Å². The highest BCUT2D eigenvalue weighted by Gasteiger charge is 2.13. The van der Waals surface area contributed by atoms with Crippen LogP contribution in [0.15, 0.2) is 24.3 Å². The van der Waals surface area contributed by atoms with Crippen molar-refractivity contribution in [3.63, 3.8) is 0 Å². The van der Waals surface area contributed by atoms with Gasteiger partial charge in [0.1, 0.15) is 11.9 Å². The average Bonchev–Trinajstić information content (AvgIpc) is 2.45. The Labute approximate surface area is 121 Å². The number of hydrogen-bond acceptors (Lipinski definition) is 4. The van der Waals surface area contributed by atoms with Crippen molar-refractivity contribution in [1.29, 1.82) is 5.26 Å². The highest BCUT2D eigenvalue weighted by molar-refractivity contribution is 6.31. The van der Waals surface area contributed by atoms with Crippen LogP contribution in [0.5, 0.6) is 0 Å². The number of carbonyl (C=O) groups is 1. The molecule has 6 heteroatoms. The summed E-state index contributed by atoms with van der Waals surface area (Å²) in [7, 11) is 1.57. The molecule has 20 heavy (non-hydrogen) atoms. The van der Waals surface area contributed by atoms with E-state index < -0.39 is 6.04 Å². The van der Waals surface area contributed by atoms with Gasteiger partial charge in [-0.2, -0.15) is 5.26 Å². The molecule has 0 saturated heterocycles. The molecular formula is C14H13ClN4O. The van der Waals surface area contributed by atoms with Gasteiger partial charge in [0.05, 0.1) is 17.1 Å². The number of likely N-dealkylation sites (N-methyl/N-ethyl adjacent to an activating group) is 1. The lowest BCUT2D eigenvalue weighted by Gasteiger charge is -2.14. The molecule has 2 aromatic rings. The first-order valence-corrected chi connectivity index (χ1v) is 6.41. The Balaban J connectivity index is 2.44. The molecule has 0 unspecified atom stereocenters. The molecule has 0 fully saturated rings. The Hall–Kier alpha value is -2.32. The number of aromatic nitrogens is 1. The molecule has 2 rings (SSSR count). The topological polar surface area (TPSA) is 77.8 Å². The van der Waals surface area contributed by atoms with Crippen LogP contribution < -0.4 is 10.6 Å². The normalized spacial score (nSPS) is 11.7. The molecule has 0 aliphatic carbocycles. The minimum absolute atomic E-state index is 0.151. The third-order valence-corrected chi connectivity index (χ3v) is 3.13. The number of nitriles is 1. The zero-order valence-corrected chi connectivity index (χ0v) is 11.8. The molecule has 0 aliphatic heterocycles. The molecule has 102 valence electrons. The Kier molecular flexibility index (Phi) is 4.06. The molecule has 1 aromatic heterocycles. The number of amides is 1. The van der Waals surface area contributed by atoms with E-state index in [4.69, 9.17) is 11.6 Å². The number of benzene rings is 1. The van der Waals surface area contributed by atoms with Gasteiger partial charge in [0.2, 0.25) is 5.91 Å². The summed E-state index contributed by atoms with van der Waals surface area (Å²) in [6, 6.07) is 8.44. The largest absolute Gasteiger partial charge is 0.359 e. The Morgan fingerprint density at radius 2 is 2.20 bits per heavy atom. The van der Waals surface area contributed by atoms with Gasteiger partial charge in [0.15, 0.2) is 0 Å². The third-order valence-electron chi connectivity index (χ3n) is 2.90. The molecule has 0 aliphatic rings. The molecule has 0 bridgehead atoms. The van der Waals surface area contributed by atoms with E-state index in [-0.39, 0.29) is 5.91 Å². The summed E-state index contributed by atoms with van der Waals surface area (Å²) in [5.74, 6) is 0.328. The Morgan fingerprint density at radius 3 is 2.85 bits per heavy atom. The van der Waals surface area contributed by atoms with Gasteiger partial charge in [-0.1, -0.05) is 11.6 Å². The maximum Gasteiger partial charge on any atom is 0.241 e. The van der Waals surface area contributed by atoms with Crippen LogP contribution in [-0.4, -0.2) is 24.0 Å². The lowest BCUT2D eigenvalue weighted by Crippen LogP contribution is -2.35. The van der Waals surface area contributed by atoms with Gasteiger partial charge in [-0.25, -0.2) is 4.98 Å². The quantitative estimate of drug-likeness (QED) is 0.908. The molecule has 0 spiro atoms. The highest BCUT2D eigenvalue weighted by Crippen LogP contribution is 2.24. The van der Waals surface area contributed by atoms with Crippen LogP contribution in [0.2, 0.25) is 5.02 Å². The van der Waals surface area contributed by atoms with Gasteiger partial charge in [-0.15, -0.1) is 0 Å². The van der Waals surface area contributed by atoms with Crippen LogP contribution >= 0.6 is 11.6 Å². The standard InChI is InChI=1S/C14H13ClN4O/c1-8(14(20)17-2)18-13-5-9(7-16)11-6-10(15)3-4-12(11)19-13/h3-6,8H,1-2H3,(H,17,20)(H,18,19)/t8-/m1/s1. The molecule has 1 atom stereocenters. The fraction of sp³-hybridized carbons (Fsp3) is 0.214. The van der Waals surface area contributed by atoms with E-state index in [1.807, 2.05) is 0 Å². The second-order valence-corrected chi connectivity index (χ2v) is 4.75. The summed E-state index contributed by atoms with van der Waals surface area (Å²) in [6.07, 6.45) is 0. The number of pyridine rings is 1. The minimum atomic E-state index is -0.441. The molecule has 0 saturated carbocycles. The van der Waals surface area contributed by atoms with Gasteiger partial charge in [0.25, 0.3) is 0 Å². The van der Waals surface area contributed by atoms with E-state index >= 15 is 0 Å². The van der Waals surface area contributed by atoms with Crippen LogP contribution in [-0.2, 0) is 4.79 Å². The SMILES string of the molecule is CNC(=O)[C@@H](C)Nc1cc(C#N)c2cc(Cl)ccc2n1. The fourth-order valence-electron chi connectivity index (χ4n) is 1.87. The van der Waals surface area contributed by atoms with E-state index in [9.17, 15) is 10.1 Å². The van der Waals surface area contributed by atoms with Crippen LogP contribution in [0.1, 0.15) is 12.5 Å². The monoisotopic (exact) mass is 288 g/mol. The van der Waals surface area contributed by atoms with Crippen molar-refractivity contribution in [1.82, 2.24) is 10.3 Å². The summed E-state index contributed by atoms with van der Waals surface area (Å²) < 4.78 is 0. The summed E-state index contributed by atoms with van der Waals surface area (Å²) >= 11 is 5.93. The highest BCUT2D eigenvalue weighted by atomic mass is 35.5. The van der Waals surface area contributed by atoms with Crippen molar-refractivity contribution in [2.24, 2.45) is 0 Å². The molecule has 5 nitrogen and oxygen atoms in total. The summed E-state index contributed by atoms with van der Waals surface area (Å²) in [5, 5.41) is 16.0. The predicted octanol–water partition coefficient (Wildman–Crippen LogP) is 2.31. The van der Waals surface area contributed by atoms with Crippen LogP contribution in [0.4, 0.5) is 5.82 Å². The Morgan fingerprint density at radius 1 is 1.45 bits per heavy atom. The van der Waals surface area contributed by atoms with Crippen molar-refractivity contribution >= 4 is 34.2 Å². The van der Waals surface area contributed by atoms with Gasteiger partial charge in [-0.3, -0.25) is 4.79 Å². The zero-order valence-electron chi connectivity index (χ0n) is 11.1. The number of rotatable bonds is 3. The average molecular weight is 289 g/mol. The number of halogens is 1. The van der Waals surface area contributed by atoms with E-state index in [2.05, 4.69) is 21.7 Å². The van der Waals surface area contributed by atoms with Crippen LogP contribution in [0.25, 0.3) is 10.9 Å². The smallest absolute Gasteiger partial charge is 0.241 e. The minimum Gasteiger partial charge on any atom is -0.359 e. The second-order valence-electron chi connectivity index (χ2n) is 4.31. The maximum absolute atomic E-state index is 11.5. The number of carbonyl (C=O) groups excluding carboxylic acids is 1. The Bertz CT molecular complexity index is 708. The summed E-state index contributed by atoms with van der Waals surface area (Å²) in [4.78, 5) is 15.9. The second kappa shape index (κ2) is 5.76. The number of nitrogens with zero attached hydrogens (tertiary/aromatic N) is 2. The molecular weight excluding hydrogens is 276 g/mol. The van der Waals surface area contributed by atoms with E-state index in [0.717, 1.165) is 0 Å². The van der Waals surface area contributed by atoms with E-state index in [1.165, 1.54) is 0 Å². The first kappa shape index (κ1) is 14.1. The first-order chi connectivity index (χ1) is 9.55. The maximum atomic E-state index is 11.5. The number of nitrogens with one attached hydrogen (secondary N) is 2. The van der Waals surface area contributed by atoms with E-state index in [0.29, 0.717) is 27.3 Å². The van der Waals surface area contributed by atoms with Crippen molar-refractivity contribution in [2.45, 2.75) is 13.0 Å². The summed E-state index contributed by atoms with van der Waals surface area (Å²) in [6.45, 7) is 1.72. The predicted molar refractivity (Wildman–Crippen MR) is 78.6 cm³/mol. The van der Waals surface area contributed by atoms with Crippen molar-refractivity contribution < 1.29 is 4.79 Å².